The molecule has 2 aliphatic carbocycles. The lowest BCUT2D eigenvalue weighted by Crippen LogP contribution is -2.16. The largest absolute Gasteiger partial charge is 0.392 e. The van der Waals surface area contributed by atoms with E-state index in [1.165, 1.54) is 0 Å². The highest BCUT2D eigenvalue weighted by Crippen LogP contribution is 2.38. The van der Waals surface area contributed by atoms with Gasteiger partial charge in [0.2, 0.25) is 0 Å². The van der Waals surface area contributed by atoms with Crippen LogP contribution in [0.5, 0.6) is 0 Å². The van der Waals surface area contributed by atoms with Gasteiger partial charge in [0.1, 0.15) is 0 Å². The van der Waals surface area contributed by atoms with E-state index in [-0.39, 0.29) is 13.2 Å². The molecule has 0 bridgehead atoms. The summed E-state index contributed by atoms with van der Waals surface area (Å²) in [6.45, 7) is -0.00957. The van der Waals surface area contributed by atoms with Crippen LogP contribution in [0.2, 0.25) is 0 Å². The van der Waals surface area contributed by atoms with Gasteiger partial charge in [-0.1, -0.05) is 60.7 Å². The second-order valence-electron chi connectivity index (χ2n) is 6.37. The summed E-state index contributed by atoms with van der Waals surface area (Å²) >= 11 is 0. The predicted molar refractivity (Wildman–Crippen MR) is 98.3 cm³/mol. The van der Waals surface area contributed by atoms with Gasteiger partial charge in [-0.25, -0.2) is 0 Å². The fraction of sp³-hybridized carbons (Fsp3) is 0.182. The summed E-state index contributed by atoms with van der Waals surface area (Å²) in [6.07, 6.45) is 12.9. The number of benzene rings is 2. The van der Waals surface area contributed by atoms with Gasteiger partial charge in [-0.05, 0) is 45.2 Å². The normalized spacial score (nSPS) is 22.2. The third-order valence-corrected chi connectivity index (χ3v) is 4.92. The molecule has 2 aromatic carbocycles. The van der Waals surface area contributed by atoms with Crippen LogP contribution < -0.4 is 0 Å². The van der Waals surface area contributed by atoms with Crippen LogP contribution in [0.3, 0.4) is 0 Å². The Kier molecular flexibility index (Phi) is 3.93. The van der Waals surface area contributed by atoms with Crippen LogP contribution in [-0.2, 0) is 6.61 Å². The van der Waals surface area contributed by atoms with Crippen LogP contribution in [-0.4, -0.2) is 16.8 Å². The summed E-state index contributed by atoms with van der Waals surface area (Å²) in [7, 11) is 0. The molecule has 0 radical (unpaired) electrons. The molecular weight excluding hydrogens is 296 g/mol. The van der Waals surface area contributed by atoms with Crippen molar-refractivity contribution in [3.63, 3.8) is 0 Å². The maximum absolute atomic E-state index is 9.88. The Labute approximate surface area is 141 Å². The Morgan fingerprint density at radius 3 is 2.12 bits per heavy atom. The Morgan fingerprint density at radius 2 is 1.46 bits per heavy atom. The molecule has 24 heavy (non-hydrogen) atoms. The zero-order chi connectivity index (χ0) is 16.5. The quantitative estimate of drug-likeness (QED) is 0.898. The van der Waals surface area contributed by atoms with Crippen molar-refractivity contribution in [2.45, 2.75) is 6.61 Å². The smallest absolute Gasteiger partial charge is 0.0688 e. The van der Waals surface area contributed by atoms with Gasteiger partial charge < -0.3 is 10.2 Å². The van der Waals surface area contributed by atoms with Gasteiger partial charge in [0.25, 0.3) is 0 Å². The van der Waals surface area contributed by atoms with Crippen LogP contribution in [0.25, 0.3) is 16.3 Å². The lowest BCUT2D eigenvalue weighted by Gasteiger charge is -2.28. The van der Waals surface area contributed by atoms with Gasteiger partial charge in [-0.2, -0.15) is 0 Å². The van der Waals surface area contributed by atoms with E-state index in [2.05, 4.69) is 54.7 Å². The molecule has 2 nitrogen and oxygen atoms in total. The van der Waals surface area contributed by atoms with E-state index in [9.17, 15) is 10.2 Å². The molecule has 2 aromatic rings. The number of fused-ring (bicyclic) bond motifs is 2. The Bertz CT molecular complexity index is 899. The maximum Gasteiger partial charge on any atom is 0.0688 e. The maximum atomic E-state index is 9.88. The van der Waals surface area contributed by atoms with E-state index in [1.807, 2.05) is 18.2 Å². The van der Waals surface area contributed by atoms with Crippen LogP contribution in [0.4, 0.5) is 0 Å². The average Bonchev–Trinajstić information content (AvgIpc) is 2.65. The van der Waals surface area contributed by atoms with E-state index in [1.54, 1.807) is 0 Å². The third kappa shape index (κ3) is 2.54. The first-order valence-corrected chi connectivity index (χ1v) is 8.32. The Balaban J connectivity index is 1.89. The van der Waals surface area contributed by atoms with Crippen molar-refractivity contribution < 1.29 is 10.2 Å². The van der Waals surface area contributed by atoms with Crippen LogP contribution in [0.15, 0.2) is 78.4 Å². The second kappa shape index (κ2) is 6.23. The highest BCUT2D eigenvalue weighted by Gasteiger charge is 2.24. The first-order chi connectivity index (χ1) is 11.8. The zero-order valence-electron chi connectivity index (χ0n) is 13.4. The first-order valence-electron chi connectivity index (χ1n) is 8.32. The van der Waals surface area contributed by atoms with Crippen molar-refractivity contribution in [1.29, 1.82) is 0 Å². The van der Waals surface area contributed by atoms with Gasteiger partial charge in [-0.15, -0.1) is 0 Å². The van der Waals surface area contributed by atoms with Crippen molar-refractivity contribution in [2.75, 3.05) is 6.61 Å². The number of aliphatic hydroxyl groups excluding tert-OH is 2. The van der Waals surface area contributed by atoms with E-state index in [0.29, 0.717) is 11.8 Å². The van der Waals surface area contributed by atoms with Gasteiger partial charge in [0.05, 0.1) is 13.2 Å². The molecule has 0 saturated heterocycles. The zero-order valence-corrected chi connectivity index (χ0v) is 13.4. The minimum atomic E-state index is -0.0138. The van der Waals surface area contributed by atoms with Crippen molar-refractivity contribution in [3.8, 4) is 0 Å². The van der Waals surface area contributed by atoms with Crippen LogP contribution in [0, 0.1) is 11.8 Å². The molecule has 0 fully saturated rings. The molecule has 0 amide bonds. The van der Waals surface area contributed by atoms with Gasteiger partial charge >= 0.3 is 0 Å². The topological polar surface area (TPSA) is 40.5 Å². The number of rotatable bonds is 3. The lowest BCUT2D eigenvalue weighted by atomic mass is 9.77. The number of hydrogen-bond acceptors (Lipinski definition) is 2. The summed E-state index contributed by atoms with van der Waals surface area (Å²) in [5.41, 5.74) is 3.88. The standard InChI is InChI=1S/C22H20O2/c23-13-19-9-15-5-1-3-7-17(15)11-21(19)22-12-18-8-4-2-6-16(18)10-20(22)14-24/h1-12,15,17,23-24H,13-14H2. The second-order valence-corrected chi connectivity index (χ2v) is 6.37. The molecule has 0 aromatic heterocycles. The summed E-state index contributed by atoms with van der Waals surface area (Å²) in [5.74, 6) is 0.609. The number of aliphatic hydroxyl groups is 2. The number of allylic oxidation sites excluding steroid dienone is 6. The van der Waals surface area contributed by atoms with Gasteiger partial charge in [-0.3, -0.25) is 0 Å². The minimum Gasteiger partial charge on any atom is -0.392 e. The third-order valence-electron chi connectivity index (χ3n) is 4.92. The van der Waals surface area contributed by atoms with E-state index in [0.717, 1.165) is 33.0 Å². The van der Waals surface area contributed by atoms with Crippen molar-refractivity contribution in [1.82, 2.24) is 0 Å². The summed E-state index contributed by atoms with van der Waals surface area (Å²) in [5, 5.41) is 22.0. The molecule has 2 N–H and O–H groups in total. The minimum absolute atomic E-state index is 0.00427. The fourth-order valence-electron chi connectivity index (χ4n) is 3.67. The monoisotopic (exact) mass is 316 g/mol. The predicted octanol–water partition coefficient (Wildman–Crippen LogP) is 4.01. The molecule has 2 atom stereocenters. The Hall–Kier alpha value is -2.42. The first kappa shape index (κ1) is 15.1. The van der Waals surface area contributed by atoms with Crippen molar-refractivity contribution >= 4 is 16.3 Å². The van der Waals surface area contributed by atoms with Gasteiger partial charge in [0, 0.05) is 11.8 Å². The average molecular weight is 316 g/mol. The highest BCUT2D eigenvalue weighted by atomic mass is 16.3. The van der Waals surface area contributed by atoms with Crippen molar-refractivity contribution in [2.24, 2.45) is 11.8 Å². The molecule has 0 saturated carbocycles. The molecule has 2 aliphatic rings. The van der Waals surface area contributed by atoms with Gasteiger partial charge in [0.15, 0.2) is 0 Å². The summed E-state index contributed by atoms with van der Waals surface area (Å²) < 4.78 is 0. The molecule has 0 heterocycles. The molecular formula is C22H20O2. The fourth-order valence-corrected chi connectivity index (χ4v) is 3.67. The van der Waals surface area contributed by atoms with Crippen LogP contribution >= 0.6 is 0 Å². The molecule has 2 unspecified atom stereocenters. The summed E-state index contributed by atoms with van der Waals surface area (Å²) in [6, 6.07) is 12.3. The molecule has 120 valence electrons. The van der Waals surface area contributed by atoms with Crippen LogP contribution in [0.1, 0.15) is 11.1 Å². The van der Waals surface area contributed by atoms with E-state index < -0.39 is 0 Å². The molecule has 0 aliphatic heterocycles. The summed E-state index contributed by atoms with van der Waals surface area (Å²) in [4.78, 5) is 0. The highest BCUT2D eigenvalue weighted by molar-refractivity contribution is 5.91. The SMILES string of the molecule is OCC1=CC2C=CC=CC2C=C1c1cc2ccccc2cc1CO. The van der Waals surface area contributed by atoms with E-state index >= 15 is 0 Å². The van der Waals surface area contributed by atoms with Crippen molar-refractivity contribution in [3.05, 3.63) is 89.6 Å². The Morgan fingerprint density at radius 1 is 0.792 bits per heavy atom. The van der Waals surface area contributed by atoms with E-state index in [4.69, 9.17) is 0 Å². The molecule has 0 spiro atoms. The lowest BCUT2D eigenvalue weighted by molar-refractivity contribution is 0.281. The number of hydrogen-bond donors (Lipinski definition) is 2. The molecule has 2 heteroatoms. The molecule has 4 rings (SSSR count).